The number of halogens is 4. The lowest BCUT2D eigenvalue weighted by atomic mass is 10.0. The van der Waals surface area contributed by atoms with Gasteiger partial charge in [0.1, 0.15) is 0 Å². The molecule has 1 aromatic heterocycles. The Morgan fingerprint density at radius 3 is 1.90 bits per heavy atom. The molecule has 0 amide bonds. The Balaban J connectivity index is 0.000000482. The van der Waals surface area contributed by atoms with Crippen molar-refractivity contribution in [3.63, 3.8) is 0 Å². The molecule has 1 heterocycles. The van der Waals surface area contributed by atoms with Crippen LogP contribution in [0.1, 0.15) is 23.0 Å². The molecule has 4 rings (SSSR count). The topological polar surface area (TPSA) is 87.4 Å². The second-order valence-corrected chi connectivity index (χ2v) is 10.2. The van der Waals surface area contributed by atoms with Crippen LogP contribution >= 0.6 is 11.6 Å². The highest BCUT2D eigenvalue weighted by molar-refractivity contribution is 7.86. The SMILES string of the molecule is CCOC(=O)c1cc(-c2ccccc2)cc(-c2ccccc2)[n+]1CCc1ccc(Cl)cc1.O=S(=O)([O-])C(F)(F)F. The molecule has 0 aliphatic rings. The number of hydrogen-bond donors (Lipinski definition) is 0. The summed E-state index contributed by atoms with van der Waals surface area (Å²) in [6, 6.07) is 32.2. The fourth-order valence-electron chi connectivity index (χ4n) is 3.77. The second-order valence-electron chi connectivity index (χ2n) is 8.39. The van der Waals surface area contributed by atoms with Gasteiger partial charge in [0.25, 0.3) is 5.69 Å². The van der Waals surface area contributed by atoms with Crippen LogP contribution in [-0.4, -0.2) is 31.1 Å². The van der Waals surface area contributed by atoms with E-state index in [-0.39, 0.29) is 5.97 Å². The van der Waals surface area contributed by atoms with E-state index in [1.165, 1.54) is 0 Å². The van der Waals surface area contributed by atoms with E-state index in [4.69, 9.17) is 29.3 Å². The van der Waals surface area contributed by atoms with Gasteiger partial charge in [-0.05, 0) is 47.9 Å². The zero-order valence-corrected chi connectivity index (χ0v) is 22.8. The molecule has 0 saturated heterocycles. The summed E-state index contributed by atoms with van der Waals surface area (Å²) in [5.41, 5.74) is 0.114. The lowest BCUT2D eigenvalue weighted by molar-refractivity contribution is -0.688. The number of aromatic nitrogens is 1. The van der Waals surface area contributed by atoms with Crippen molar-refractivity contribution in [2.24, 2.45) is 0 Å². The molecule has 0 saturated carbocycles. The first-order chi connectivity index (χ1) is 18.9. The predicted octanol–water partition coefficient (Wildman–Crippen LogP) is 6.43. The van der Waals surface area contributed by atoms with Gasteiger partial charge in [-0.2, -0.15) is 17.7 Å². The van der Waals surface area contributed by atoms with Gasteiger partial charge in [-0.25, -0.2) is 13.2 Å². The first-order valence-corrected chi connectivity index (χ1v) is 13.8. The average molecular weight is 592 g/mol. The molecule has 0 spiro atoms. The number of esters is 1. The number of benzene rings is 3. The number of alkyl halides is 3. The lowest BCUT2D eigenvalue weighted by Gasteiger charge is -2.12. The number of carbonyl (C=O) groups is 1. The molecule has 11 heteroatoms. The van der Waals surface area contributed by atoms with Crippen LogP contribution < -0.4 is 4.57 Å². The minimum absolute atomic E-state index is 0.321. The summed E-state index contributed by atoms with van der Waals surface area (Å²) in [6.45, 7) is 2.79. The molecule has 0 bridgehead atoms. The highest BCUT2D eigenvalue weighted by atomic mass is 35.5. The molecule has 3 aromatic carbocycles. The average Bonchev–Trinajstić information content (AvgIpc) is 2.93. The molecule has 4 aromatic rings. The van der Waals surface area contributed by atoms with Gasteiger partial charge in [-0.3, -0.25) is 0 Å². The Morgan fingerprint density at radius 1 is 0.875 bits per heavy atom. The van der Waals surface area contributed by atoms with E-state index in [2.05, 4.69) is 34.9 Å². The van der Waals surface area contributed by atoms with Gasteiger partial charge in [-0.15, -0.1) is 0 Å². The molecule has 0 atom stereocenters. The molecule has 210 valence electrons. The summed E-state index contributed by atoms with van der Waals surface area (Å²) in [5.74, 6) is -0.321. The predicted molar refractivity (Wildman–Crippen MR) is 144 cm³/mol. The second kappa shape index (κ2) is 13.6. The van der Waals surface area contributed by atoms with Crippen LogP contribution in [0, 0.1) is 0 Å². The van der Waals surface area contributed by atoms with Crippen molar-refractivity contribution < 1.29 is 40.2 Å². The van der Waals surface area contributed by atoms with Crippen LogP contribution in [0.15, 0.2) is 97.1 Å². The first kappa shape index (κ1) is 30.8. The minimum Gasteiger partial charge on any atom is -0.741 e. The normalized spacial score (nSPS) is 11.3. The lowest BCUT2D eigenvalue weighted by Crippen LogP contribution is -2.44. The Kier molecular flexibility index (Phi) is 10.4. The highest BCUT2D eigenvalue weighted by Gasteiger charge is 2.37. The fourth-order valence-corrected chi connectivity index (χ4v) is 3.90. The van der Waals surface area contributed by atoms with Gasteiger partial charge in [-0.1, -0.05) is 72.3 Å². The van der Waals surface area contributed by atoms with Gasteiger partial charge in [0.2, 0.25) is 5.69 Å². The van der Waals surface area contributed by atoms with Crippen LogP contribution in [-0.2, 0) is 27.8 Å². The number of aryl methyl sites for hydroxylation is 1. The first-order valence-electron chi connectivity index (χ1n) is 12.0. The van der Waals surface area contributed by atoms with E-state index in [1.54, 1.807) is 0 Å². The molecule has 0 fully saturated rings. The maximum absolute atomic E-state index is 13.0. The van der Waals surface area contributed by atoms with Crippen LogP contribution in [0.25, 0.3) is 22.4 Å². The van der Waals surface area contributed by atoms with Crippen molar-refractivity contribution in [3.05, 3.63) is 113 Å². The Labute approximate surface area is 235 Å². The quantitative estimate of drug-likeness (QED) is 0.107. The van der Waals surface area contributed by atoms with E-state index < -0.39 is 15.6 Å². The van der Waals surface area contributed by atoms with Gasteiger partial charge in [0.05, 0.1) is 6.61 Å². The number of ether oxygens (including phenoxy) is 1. The smallest absolute Gasteiger partial charge is 0.485 e. The van der Waals surface area contributed by atoms with E-state index in [9.17, 15) is 18.0 Å². The fraction of sp³-hybridized carbons (Fsp3) is 0.172. The van der Waals surface area contributed by atoms with Crippen molar-refractivity contribution in [1.29, 1.82) is 0 Å². The van der Waals surface area contributed by atoms with Crippen molar-refractivity contribution >= 4 is 27.7 Å². The van der Waals surface area contributed by atoms with E-state index in [0.717, 1.165) is 34.4 Å². The minimum atomic E-state index is -6.09. The van der Waals surface area contributed by atoms with Crippen LogP contribution in [0.2, 0.25) is 5.02 Å². The van der Waals surface area contributed by atoms with Crippen LogP contribution in [0.5, 0.6) is 0 Å². The molecule has 0 aliphatic carbocycles. The van der Waals surface area contributed by atoms with Gasteiger partial charge < -0.3 is 9.29 Å². The molecule has 0 aliphatic heterocycles. The zero-order valence-electron chi connectivity index (χ0n) is 21.3. The third-order valence-electron chi connectivity index (χ3n) is 5.65. The number of rotatable bonds is 7. The Hall–Kier alpha value is -3.73. The summed E-state index contributed by atoms with van der Waals surface area (Å²) in [4.78, 5) is 13.0. The van der Waals surface area contributed by atoms with Crippen molar-refractivity contribution in [2.75, 3.05) is 6.61 Å². The Bertz CT molecular complexity index is 1530. The summed E-state index contributed by atoms with van der Waals surface area (Å²) in [7, 11) is -6.09. The molecular weight excluding hydrogens is 567 g/mol. The molecular formula is C29H25ClF3NO5S. The molecule has 0 unspecified atom stereocenters. The van der Waals surface area contributed by atoms with Crippen molar-refractivity contribution in [2.45, 2.75) is 25.4 Å². The molecule has 6 nitrogen and oxygen atoms in total. The summed E-state index contributed by atoms with van der Waals surface area (Å²) in [5, 5.41) is 0.714. The van der Waals surface area contributed by atoms with E-state index >= 15 is 0 Å². The van der Waals surface area contributed by atoms with Crippen molar-refractivity contribution in [1.82, 2.24) is 0 Å². The maximum Gasteiger partial charge on any atom is 0.485 e. The third-order valence-corrected chi connectivity index (χ3v) is 6.47. The standard InChI is InChI=1S/C28H25ClNO2.CHF3O3S/c1-2-32-28(31)27-20-24(22-9-5-3-6-10-22)19-26(23-11-7-4-8-12-23)30(27)18-17-21-13-15-25(29)16-14-21;2-1(3,4)8(5,6)7/h3-16,19-20H,2,17-18H2,1H3;(H,5,6,7)/q+1;/p-1. The Morgan fingerprint density at radius 2 is 1.40 bits per heavy atom. The van der Waals surface area contributed by atoms with Crippen LogP contribution in [0.4, 0.5) is 13.2 Å². The van der Waals surface area contributed by atoms with Gasteiger partial charge in [0, 0.05) is 29.1 Å². The zero-order chi connectivity index (χ0) is 29.3. The van der Waals surface area contributed by atoms with Crippen LogP contribution in [0.3, 0.4) is 0 Å². The number of pyridine rings is 1. The molecule has 40 heavy (non-hydrogen) atoms. The van der Waals surface area contributed by atoms with E-state index in [0.29, 0.717) is 23.9 Å². The number of hydrogen-bond acceptors (Lipinski definition) is 5. The third kappa shape index (κ3) is 8.38. The van der Waals surface area contributed by atoms with Crippen molar-refractivity contribution in [3.8, 4) is 22.4 Å². The molecule has 0 N–H and O–H groups in total. The summed E-state index contributed by atoms with van der Waals surface area (Å²) >= 11 is 6.04. The van der Waals surface area contributed by atoms with Gasteiger partial charge >= 0.3 is 11.5 Å². The van der Waals surface area contributed by atoms with Gasteiger partial charge in [0.15, 0.2) is 16.7 Å². The summed E-state index contributed by atoms with van der Waals surface area (Å²) < 4.78 is 66.4. The number of carbonyl (C=O) groups excluding carboxylic acids is 1. The monoisotopic (exact) mass is 591 g/mol. The largest absolute Gasteiger partial charge is 0.741 e. The number of nitrogens with zero attached hydrogens (tertiary/aromatic N) is 1. The summed E-state index contributed by atoms with van der Waals surface area (Å²) in [6.07, 6.45) is 0.763. The highest BCUT2D eigenvalue weighted by Crippen LogP contribution is 2.26. The molecule has 0 radical (unpaired) electrons. The maximum atomic E-state index is 13.0. The van der Waals surface area contributed by atoms with E-state index in [1.807, 2.05) is 73.7 Å².